The number of halogens is 2. The smallest absolute Gasteiger partial charge is 0.238 e. The van der Waals surface area contributed by atoms with Gasteiger partial charge in [0.1, 0.15) is 5.82 Å². The topological polar surface area (TPSA) is 52.6 Å². The molecular weight excluding hydrogens is 339 g/mol. The van der Waals surface area contributed by atoms with E-state index in [1.54, 1.807) is 12.1 Å². The third-order valence-electron chi connectivity index (χ3n) is 3.71. The highest BCUT2D eigenvalue weighted by Gasteiger charge is 2.21. The predicted molar refractivity (Wildman–Crippen MR) is 83.6 cm³/mol. The number of hydrogen-bond acceptors (Lipinski definition) is 3. The lowest BCUT2D eigenvalue weighted by Crippen LogP contribution is -2.40. The molecule has 4 nitrogen and oxygen atoms in total. The number of hydrogen-bond donors (Lipinski definition) is 2. The highest BCUT2D eigenvalue weighted by atomic mass is 79.9. The number of benzene rings is 1. The predicted octanol–water partition coefficient (Wildman–Crippen LogP) is 2.62. The molecule has 6 heteroatoms. The Balaban J connectivity index is 1.86. The van der Waals surface area contributed by atoms with Crippen LogP contribution in [0.15, 0.2) is 22.7 Å². The molecule has 1 heterocycles. The summed E-state index contributed by atoms with van der Waals surface area (Å²) in [6, 6.07) is 4.56. The number of piperidine rings is 1. The van der Waals surface area contributed by atoms with E-state index in [1.165, 1.54) is 6.07 Å². The molecule has 2 N–H and O–H groups in total. The molecule has 1 fully saturated rings. The minimum Gasteiger partial charge on any atom is -0.396 e. The van der Waals surface area contributed by atoms with Gasteiger partial charge in [-0.15, -0.1) is 0 Å². The van der Waals surface area contributed by atoms with Gasteiger partial charge in [-0.3, -0.25) is 9.69 Å². The first kappa shape index (κ1) is 16.4. The highest BCUT2D eigenvalue weighted by Crippen LogP contribution is 2.21. The molecule has 1 amide bonds. The Morgan fingerprint density at radius 2 is 2.33 bits per heavy atom. The lowest BCUT2D eigenvalue weighted by atomic mass is 9.95. The highest BCUT2D eigenvalue weighted by molar-refractivity contribution is 9.10. The third kappa shape index (κ3) is 5.05. The van der Waals surface area contributed by atoms with Gasteiger partial charge in [0.05, 0.1) is 12.2 Å². The maximum atomic E-state index is 13.7. The first-order valence-corrected chi connectivity index (χ1v) is 7.96. The van der Waals surface area contributed by atoms with Crippen LogP contribution in [0.4, 0.5) is 10.1 Å². The molecule has 0 spiro atoms. The molecule has 0 bridgehead atoms. The number of nitrogens with zero attached hydrogens (tertiary/aromatic N) is 1. The molecule has 2 rings (SSSR count). The number of nitrogens with one attached hydrogen (secondary N) is 1. The lowest BCUT2D eigenvalue weighted by molar-refractivity contribution is -0.117. The SMILES string of the molecule is O=C(CN1CCCC(CCO)C1)Nc1ccc(Br)cc1F. The maximum Gasteiger partial charge on any atom is 0.238 e. The molecule has 0 radical (unpaired) electrons. The summed E-state index contributed by atoms with van der Waals surface area (Å²) in [7, 11) is 0. The minimum absolute atomic E-state index is 0.189. The van der Waals surface area contributed by atoms with Gasteiger partial charge in [-0.1, -0.05) is 15.9 Å². The fraction of sp³-hybridized carbons (Fsp3) is 0.533. The lowest BCUT2D eigenvalue weighted by Gasteiger charge is -2.31. The number of amides is 1. The molecule has 0 aliphatic carbocycles. The number of anilines is 1. The van der Waals surface area contributed by atoms with E-state index in [0.29, 0.717) is 10.4 Å². The molecule has 0 saturated carbocycles. The van der Waals surface area contributed by atoms with Gasteiger partial charge in [-0.2, -0.15) is 0 Å². The van der Waals surface area contributed by atoms with E-state index in [9.17, 15) is 9.18 Å². The molecule has 116 valence electrons. The molecule has 1 aromatic rings. The quantitative estimate of drug-likeness (QED) is 0.850. The Morgan fingerprint density at radius 3 is 3.05 bits per heavy atom. The van der Waals surface area contributed by atoms with E-state index in [-0.39, 0.29) is 24.7 Å². The van der Waals surface area contributed by atoms with Crippen LogP contribution in [-0.2, 0) is 4.79 Å². The Kier molecular flexibility index (Phi) is 6.14. The second-order valence-electron chi connectivity index (χ2n) is 5.43. The summed E-state index contributed by atoms with van der Waals surface area (Å²) in [4.78, 5) is 14.1. The summed E-state index contributed by atoms with van der Waals surface area (Å²) < 4.78 is 14.3. The second kappa shape index (κ2) is 7.87. The molecule has 1 unspecified atom stereocenters. The first-order chi connectivity index (χ1) is 10.1. The van der Waals surface area contributed by atoms with Gasteiger partial charge in [0.15, 0.2) is 0 Å². The number of aliphatic hydroxyl groups excluding tert-OH is 1. The van der Waals surface area contributed by atoms with Gasteiger partial charge in [0.2, 0.25) is 5.91 Å². The molecular formula is C15H20BrFN2O2. The van der Waals surface area contributed by atoms with Gasteiger partial charge in [0.25, 0.3) is 0 Å². The van der Waals surface area contributed by atoms with Gasteiger partial charge >= 0.3 is 0 Å². The average Bonchev–Trinajstić information content (AvgIpc) is 2.43. The molecule has 1 aromatic carbocycles. The Labute approximate surface area is 132 Å². The van der Waals surface area contributed by atoms with Crippen molar-refractivity contribution in [1.82, 2.24) is 4.90 Å². The number of carbonyl (C=O) groups excluding carboxylic acids is 1. The zero-order valence-electron chi connectivity index (χ0n) is 11.8. The third-order valence-corrected chi connectivity index (χ3v) is 4.21. The van der Waals surface area contributed by atoms with Crippen LogP contribution in [0.25, 0.3) is 0 Å². The summed E-state index contributed by atoms with van der Waals surface area (Å²) in [6.07, 6.45) is 2.91. The zero-order valence-corrected chi connectivity index (χ0v) is 13.4. The van der Waals surface area contributed by atoms with Crippen molar-refractivity contribution in [3.63, 3.8) is 0 Å². The van der Waals surface area contributed by atoms with Crippen molar-refractivity contribution in [3.8, 4) is 0 Å². The summed E-state index contributed by atoms with van der Waals surface area (Å²) in [5.74, 6) is -0.212. The summed E-state index contributed by atoms with van der Waals surface area (Å²) in [5.41, 5.74) is 0.201. The van der Waals surface area contributed by atoms with Gasteiger partial charge in [0, 0.05) is 17.6 Å². The number of carbonyl (C=O) groups is 1. The van der Waals surface area contributed by atoms with Crippen molar-refractivity contribution in [2.24, 2.45) is 5.92 Å². The Bertz CT molecular complexity index is 497. The molecule has 1 aliphatic rings. The average molecular weight is 359 g/mol. The van der Waals surface area contributed by atoms with Crippen molar-refractivity contribution in [3.05, 3.63) is 28.5 Å². The van der Waals surface area contributed by atoms with E-state index in [4.69, 9.17) is 5.11 Å². The number of rotatable bonds is 5. The van der Waals surface area contributed by atoms with Gasteiger partial charge in [-0.05, 0) is 49.9 Å². The van der Waals surface area contributed by atoms with E-state index in [0.717, 1.165) is 32.4 Å². The van der Waals surface area contributed by atoms with Crippen molar-refractivity contribution >= 4 is 27.5 Å². The van der Waals surface area contributed by atoms with Crippen molar-refractivity contribution < 1.29 is 14.3 Å². The molecule has 21 heavy (non-hydrogen) atoms. The summed E-state index contributed by atoms with van der Waals surface area (Å²) >= 11 is 3.18. The van der Waals surface area contributed by atoms with E-state index >= 15 is 0 Å². The molecule has 1 atom stereocenters. The summed E-state index contributed by atoms with van der Waals surface area (Å²) in [6.45, 7) is 2.14. The monoisotopic (exact) mass is 358 g/mol. The Morgan fingerprint density at radius 1 is 1.52 bits per heavy atom. The van der Waals surface area contributed by atoms with E-state index < -0.39 is 5.82 Å². The normalized spacial score (nSPS) is 19.5. The van der Waals surface area contributed by atoms with Gasteiger partial charge < -0.3 is 10.4 Å². The molecule has 1 saturated heterocycles. The van der Waals surface area contributed by atoms with Crippen LogP contribution in [0, 0.1) is 11.7 Å². The fourth-order valence-corrected chi connectivity index (χ4v) is 3.03. The maximum absolute atomic E-state index is 13.7. The number of aliphatic hydroxyl groups is 1. The van der Waals surface area contributed by atoms with E-state index in [1.807, 2.05) is 0 Å². The minimum atomic E-state index is -0.450. The van der Waals surface area contributed by atoms with Crippen LogP contribution in [0.2, 0.25) is 0 Å². The van der Waals surface area contributed by atoms with Crippen molar-refractivity contribution in [1.29, 1.82) is 0 Å². The van der Waals surface area contributed by atoms with Crippen LogP contribution in [0.5, 0.6) is 0 Å². The van der Waals surface area contributed by atoms with Crippen molar-refractivity contribution in [2.75, 3.05) is 31.6 Å². The Hall–Kier alpha value is -0.980. The van der Waals surface area contributed by atoms with Crippen LogP contribution in [0.1, 0.15) is 19.3 Å². The zero-order chi connectivity index (χ0) is 15.2. The second-order valence-corrected chi connectivity index (χ2v) is 6.34. The van der Waals surface area contributed by atoms with Crippen LogP contribution in [-0.4, -0.2) is 42.2 Å². The van der Waals surface area contributed by atoms with E-state index in [2.05, 4.69) is 26.1 Å². The first-order valence-electron chi connectivity index (χ1n) is 7.16. The van der Waals surface area contributed by atoms with Crippen molar-refractivity contribution in [2.45, 2.75) is 19.3 Å². The summed E-state index contributed by atoms with van der Waals surface area (Å²) in [5, 5.41) is 11.6. The van der Waals surface area contributed by atoms with Crippen LogP contribution >= 0.6 is 15.9 Å². The standard InChI is InChI=1S/C15H20BrFN2O2/c16-12-3-4-14(13(17)8-12)18-15(21)10-19-6-1-2-11(9-19)5-7-20/h3-4,8,11,20H,1-2,5-7,9-10H2,(H,18,21). The molecule has 0 aromatic heterocycles. The van der Waals surface area contributed by atoms with Crippen LogP contribution in [0.3, 0.4) is 0 Å². The molecule has 1 aliphatic heterocycles. The van der Waals surface area contributed by atoms with Gasteiger partial charge in [-0.25, -0.2) is 4.39 Å². The number of likely N-dealkylation sites (tertiary alicyclic amines) is 1. The fourth-order valence-electron chi connectivity index (χ4n) is 2.70. The van der Waals surface area contributed by atoms with Crippen LogP contribution < -0.4 is 5.32 Å². The largest absolute Gasteiger partial charge is 0.396 e.